The highest BCUT2D eigenvalue weighted by Crippen LogP contribution is 2.23. The van der Waals surface area contributed by atoms with Gasteiger partial charge in [-0.1, -0.05) is 0 Å². The fourth-order valence-corrected chi connectivity index (χ4v) is 1.57. The minimum atomic E-state index is -0.422. The second-order valence-corrected chi connectivity index (χ2v) is 3.47. The maximum absolute atomic E-state index is 12.0. The Kier molecular flexibility index (Phi) is 3.71. The predicted molar refractivity (Wildman–Crippen MR) is 59.6 cm³/mol. The van der Waals surface area contributed by atoms with Crippen LogP contribution in [0, 0.1) is 6.92 Å². The summed E-state index contributed by atoms with van der Waals surface area (Å²) in [6, 6.07) is 1.36. The zero-order valence-electron chi connectivity index (χ0n) is 9.69. The van der Waals surface area contributed by atoms with Crippen LogP contribution in [-0.2, 0) is 0 Å². The molecule has 1 aromatic heterocycles. The van der Waals surface area contributed by atoms with Crippen LogP contribution in [0.3, 0.4) is 0 Å². The van der Waals surface area contributed by atoms with Gasteiger partial charge in [-0.3, -0.25) is 4.79 Å². The van der Waals surface area contributed by atoms with Gasteiger partial charge in [-0.05, 0) is 26.3 Å². The first-order valence-electron chi connectivity index (χ1n) is 5.20. The van der Waals surface area contributed by atoms with Gasteiger partial charge in [0.15, 0.2) is 0 Å². The number of carbonyl (C=O) groups is 1. The van der Waals surface area contributed by atoms with Gasteiger partial charge < -0.3 is 15.1 Å². The molecule has 2 N–H and O–H groups in total. The van der Waals surface area contributed by atoms with E-state index in [4.69, 9.17) is 5.11 Å². The SMILES string of the molecule is CCN(CC)C(=O)c1c(C)cc(O)nc1O. The third-order valence-corrected chi connectivity index (χ3v) is 2.45. The molecule has 0 unspecified atom stereocenters. The number of carbonyl (C=O) groups excluding carboxylic acids is 1. The highest BCUT2D eigenvalue weighted by Gasteiger charge is 2.20. The zero-order valence-corrected chi connectivity index (χ0v) is 9.69. The van der Waals surface area contributed by atoms with Crippen molar-refractivity contribution in [3.8, 4) is 11.8 Å². The standard InChI is InChI=1S/C11H16N2O3/c1-4-13(5-2)11(16)9-7(3)6-8(14)12-10(9)15/h6H,4-5H2,1-3H3,(H2,12,14,15). The van der Waals surface area contributed by atoms with E-state index in [2.05, 4.69) is 4.98 Å². The van der Waals surface area contributed by atoms with Crippen LogP contribution in [0.5, 0.6) is 11.8 Å². The lowest BCUT2D eigenvalue weighted by Crippen LogP contribution is -2.31. The van der Waals surface area contributed by atoms with Crippen molar-refractivity contribution in [3.05, 3.63) is 17.2 Å². The minimum absolute atomic E-state index is 0.154. The van der Waals surface area contributed by atoms with Crippen LogP contribution in [0.1, 0.15) is 29.8 Å². The highest BCUT2D eigenvalue weighted by atomic mass is 16.3. The largest absolute Gasteiger partial charge is 0.493 e. The second kappa shape index (κ2) is 4.83. The van der Waals surface area contributed by atoms with Gasteiger partial charge in [0.25, 0.3) is 5.91 Å². The number of pyridine rings is 1. The molecular formula is C11H16N2O3. The molecular weight excluding hydrogens is 208 g/mol. The molecule has 5 nitrogen and oxygen atoms in total. The lowest BCUT2D eigenvalue weighted by Gasteiger charge is -2.19. The second-order valence-electron chi connectivity index (χ2n) is 3.47. The molecule has 0 saturated carbocycles. The van der Waals surface area contributed by atoms with Gasteiger partial charge in [0.2, 0.25) is 11.8 Å². The first-order chi connectivity index (χ1) is 7.51. The van der Waals surface area contributed by atoms with Crippen molar-refractivity contribution in [3.63, 3.8) is 0 Å². The lowest BCUT2D eigenvalue weighted by molar-refractivity contribution is 0.0768. The van der Waals surface area contributed by atoms with Crippen molar-refractivity contribution < 1.29 is 15.0 Å². The molecule has 0 aromatic carbocycles. The van der Waals surface area contributed by atoms with Gasteiger partial charge in [-0.2, -0.15) is 4.98 Å². The van der Waals surface area contributed by atoms with Gasteiger partial charge >= 0.3 is 0 Å². The zero-order chi connectivity index (χ0) is 12.3. The summed E-state index contributed by atoms with van der Waals surface area (Å²) in [5, 5.41) is 18.7. The first-order valence-corrected chi connectivity index (χ1v) is 5.20. The lowest BCUT2D eigenvalue weighted by atomic mass is 10.1. The van der Waals surface area contributed by atoms with Crippen molar-refractivity contribution >= 4 is 5.91 Å². The fraction of sp³-hybridized carbons (Fsp3) is 0.455. The summed E-state index contributed by atoms with van der Waals surface area (Å²) in [7, 11) is 0. The number of aromatic hydroxyl groups is 2. The summed E-state index contributed by atoms with van der Waals surface area (Å²) in [4.78, 5) is 17.1. The predicted octanol–water partition coefficient (Wildman–Crippen LogP) is 1.28. The van der Waals surface area contributed by atoms with E-state index >= 15 is 0 Å². The molecule has 0 saturated heterocycles. The number of rotatable bonds is 3. The van der Waals surface area contributed by atoms with E-state index in [0.29, 0.717) is 18.7 Å². The quantitative estimate of drug-likeness (QED) is 0.811. The smallest absolute Gasteiger partial charge is 0.259 e. The van der Waals surface area contributed by atoms with E-state index in [9.17, 15) is 9.90 Å². The topological polar surface area (TPSA) is 73.7 Å². The van der Waals surface area contributed by atoms with E-state index in [1.54, 1.807) is 11.8 Å². The van der Waals surface area contributed by atoms with Crippen LogP contribution >= 0.6 is 0 Å². The molecule has 0 atom stereocenters. The molecule has 16 heavy (non-hydrogen) atoms. The molecule has 1 amide bonds. The number of aromatic nitrogens is 1. The van der Waals surface area contributed by atoms with E-state index in [1.165, 1.54) is 6.07 Å². The molecule has 0 radical (unpaired) electrons. The van der Waals surface area contributed by atoms with E-state index < -0.39 is 5.88 Å². The van der Waals surface area contributed by atoms with Gasteiger partial charge in [0.05, 0.1) is 0 Å². The monoisotopic (exact) mass is 224 g/mol. The molecule has 0 spiro atoms. The summed E-state index contributed by atoms with van der Waals surface area (Å²) in [5.41, 5.74) is 0.670. The Morgan fingerprint density at radius 3 is 2.38 bits per heavy atom. The first kappa shape index (κ1) is 12.3. The van der Waals surface area contributed by atoms with Gasteiger partial charge in [-0.25, -0.2) is 0 Å². The van der Waals surface area contributed by atoms with Gasteiger partial charge in [0, 0.05) is 19.2 Å². The summed E-state index contributed by atoms with van der Waals surface area (Å²) < 4.78 is 0. The number of amides is 1. The maximum atomic E-state index is 12.0. The Morgan fingerprint density at radius 2 is 1.94 bits per heavy atom. The Labute approximate surface area is 94.4 Å². The highest BCUT2D eigenvalue weighted by molar-refractivity contribution is 5.97. The molecule has 88 valence electrons. The van der Waals surface area contributed by atoms with E-state index in [-0.39, 0.29) is 17.4 Å². The number of hydrogen-bond donors (Lipinski definition) is 2. The minimum Gasteiger partial charge on any atom is -0.493 e. The molecule has 0 fully saturated rings. The van der Waals surface area contributed by atoms with Crippen LogP contribution < -0.4 is 0 Å². The van der Waals surface area contributed by atoms with Gasteiger partial charge in [0.1, 0.15) is 5.56 Å². The normalized spacial score (nSPS) is 10.2. The molecule has 0 aliphatic carbocycles. The molecule has 0 bridgehead atoms. The number of nitrogens with zero attached hydrogens (tertiary/aromatic N) is 2. The summed E-state index contributed by atoms with van der Waals surface area (Å²) in [6.07, 6.45) is 0. The molecule has 1 heterocycles. The molecule has 0 aliphatic rings. The van der Waals surface area contributed by atoms with Crippen molar-refractivity contribution in [2.24, 2.45) is 0 Å². The Hall–Kier alpha value is -1.78. The molecule has 5 heteroatoms. The van der Waals surface area contributed by atoms with Crippen molar-refractivity contribution in [1.29, 1.82) is 0 Å². The third kappa shape index (κ3) is 2.24. The third-order valence-electron chi connectivity index (χ3n) is 2.45. The summed E-state index contributed by atoms with van der Waals surface area (Å²) in [6.45, 7) is 6.51. The fourth-order valence-electron chi connectivity index (χ4n) is 1.57. The van der Waals surface area contributed by atoms with Crippen LogP contribution in [0.2, 0.25) is 0 Å². The van der Waals surface area contributed by atoms with E-state index in [0.717, 1.165) is 0 Å². The van der Waals surface area contributed by atoms with Crippen LogP contribution in [-0.4, -0.2) is 39.1 Å². The summed E-state index contributed by atoms with van der Waals surface area (Å²) in [5.74, 6) is -0.979. The van der Waals surface area contributed by atoms with Crippen LogP contribution in [0.4, 0.5) is 0 Å². The molecule has 0 aliphatic heterocycles. The van der Waals surface area contributed by atoms with Crippen molar-refractivity contribution in [2.45, 2.75) is 20.8 Å². The van der Waals surface area contributed by atoms with E-state index in [1.807, 2.05) is 13.8 Å². The average molecular weight is 224 g/mol. The number of hydrogen-bond acceptors (Lipinski definition) is 4. The maximum Gasteiger partial charge on any atom is 0.259 e. The Bertz CT molecular complexity index is 377. The van der Waals surface area contributed by atoms with Crippen LogP contribution in [0.25, 0.3) is 0 Å². The summed E-state index contributed by atoms with van der Waals surface area (Å²) >= 11 is 0. The Balaban J connectivity index is 3.18. The molecule has 1 rings (SSSR count). The van der Waals surface area contributed by atoms with Crippen molar-refractivity contribution in [1.82, 2.24) is 9.88 Å². The van der Waals surface area contributed by atoms with Crippen molar-refractivity contribution in [2.75, 3.05) is 13.1 Å². The van der Waals surface area contributed by atoms with Crippen LogP contribution in [0.15, 0.2) is 6.07 Å². The van der Waals surface area contributed by atoms with Gasteiger partial charge in [-0.15, -0.1) is 0 Å². The molecule has 1 aromatic rings. The number of aryl methyl sites for hydroxylation is 1. The average Bonchev–Trinajstić information content (AvgIpc) is 2.17. The Morgan fingerprint density at radius 1 is 1.38 bits per heavy atom.